The second-order valence-corrected chi connectivity index (χ2v) is 4.95. The molecule has 100 valence electrons. The van der Waals surface area contributed by atoms with E-state index in [4.69, 9.17) is 0 Å². The van der Waals surface area contributed by atoms with Gasteiger partial charge in [-0.05, 0) is 58.3 Å². The predicted octanol–water partition coefficient (Wildman–Crippen LogP) is 1.32. The van der Waals surface area contributed by atoms with Gasteiger partial charge in [0.15, 0.2) is 0 Å². The molecule has 0 aliphatic carbocycles. The molecule has 0 bridgehead atoms. The smallest absolute Gasteiger partial charge is 0.271 e. The van der Waals surface area contributed by atoms with Crippen LogP contribution >= 0.6 is 0 Å². The number of carbonyl (C=O) groups is 1. The number of aromatic nitrogens is 2. The van der Waals surface area contributed by atoms with E-state index in [-0.39, 0.29) is 5.91 Å². The van der Waals surface area contributed by atoms with Crippen molar-refractivity contribution in [2.24, 2.45) is 0 Å². The fraction of sp³-hybridized carbons (Fsp3) is 0.692. The minimum absolute atomic E-state index is 0.0828. The SMILES string of the molecule is Cc1cc(C(=O)NCCCCN2CCCC2)n[nH]1. The lowest BCUT2D eigenvalue weighted by Crippen LogP contribution is -2.26. The van der Waals surface area contributed by atoms with Gasteiger partial charge in [0.2, 0.25) is 0 Å². The Kier molecular flexibility index (Phi) is 4.75. The summed E-state index contributed by atoms with van der Waals surface area (Å²) in [6.45, 7) is 6.29. The van der Waals surface area contributed by atoms with Crippen LogP contribution in [0.15, 0.2) is 6.07 Å². The zero-order valence-corrected chi connectivity index (χ0v) is 11.0. The Balaban J connectivity index is 1.56. The number of amides is 1. The number of nitrogens with zero attached hydrogens (tertiary/aromatic N) is 2. The number of hydrogen-bond acceptors (Lipinski definition) is 3. The molecule has 0 atom stereocenters. The van der Waals surface area contributed by atoms with Crippen LogP contribution < -0.4 is 5.32 Å². The normalized spacial score (nSPS) is 16.1. The molecule has 5 nitrogen and oxygen atoms in total. The van der Waals surface area contributed by atoms with Gasteiger partial charge in [-0.1, -0.05) is 0 Å². The fourth-order valence-corrected chi connectivity index (χ4v) is 2.29. The number of hydrogen-bond donors (Lipinski definition) is 2. The first-order chi connectivity index (χ1) is 8.75. The van der Waals surface area contributed by atoms with E-state index in [0.717, 1.165) is 31.6 Å². The van der Waals surface area contributed by atoms with Gasteiger partial charge in [0.1, 0.15) is 5.69 Å². The van der Waals surface area contributed by atoms with Crippen LogP contribution in [-0.4, -0.2) is 47.2 Å². The van der Waals surface area contributed by atoms with Gasteiger partial charge in [-0.2, -0.15) is 5.10 Å². The van der Waals surface area contributed by atoms with Gasteiger partial charge in [0, 0.05) is 12.2 Å². The van der Waals surface area contributed by atoms with Gasteiger partial charge in [0.05, 0.1) is 0 Å². The van der Waals surface area contributed by atoms with E-state index in [2.05, 4.69) is 20.4 Å². The van der Waals surface area contributed by atoms with Crippen LogP contribution in [0.4, 0.5) is 0 Å². The number of carbonyl (C=O) groups excluding carboxylic acids is 1. The van der Waals surface area contributed by atoms with Crippen LogP contribution in [0.1, 0.15) is 41.9 Å². The van der Waals surface area contributed by atoms with E-state index in [9.17, 15) is 4.79 Å². The molecule has 2 heterocycles. The molecule has 0 radical (unpaired) electrons. The van der Waals surface area contributed by atoms with Crippen molar-refractivity contribution in [2.75, 3.05) is 26.2 Å². The molecule has 1 aliphatic heterocycles. The molecule has 0 aromatic carbocycles. The van der Waals surface area contributed by atoms with E-state index in [1.807, 2.05) is 6.92 Å². The third-order valence-corrected chi connectivity index (χ3v) is 3.32. The molecular weight excluding hydrogens is 228 g/mol. The standard InChI is InChI=1S/C13H22N4O/c1-11-10-12(16-15-11)13(18)14-6-2-3-7-17-8-4-5-9-17/h10H,2-9H2,1H3,(H,14,18)(H,15,16). The number of rotatable bonds is 6. The maximum atomic E-state index is 11.7. The lowest BCUT2D eigenvalue weighted by atomic mass is 10.3. The van der Waals surface area contributed by atoms with Crippen molar-refractivity contribution in [3.63, 3.8) is 0 Å². The second kappa shape index (κ2) is 6.54. The Hall–Kier alpha value is -1.36. The third kappa shape index (κ3) is 3.84. The van der Waals surface area contributed by atoms with Gasteiger partial charge in [0.25, 0.3) is 5.91 Å². The largest absolute Gasteiger partial charge is 0.351 e. The van der Waals surface area contributed by atoms with Crippen LogP contribution in [0.5, 0.6) is 0 Å². The molecule has 0 spiro atoms. The average Bonchev–Trinajstić information content (AvgIpc) is 2.99. The highest BCUT2D eigenvalue weighted by Crippen LogP contribution is 2.07. The van der Waals surface area contributed by atoms with Gasteiger partial charge in [-0.25, -0.2) is 0 Å². The van der Waals surface area contributed by atoms with E-state index in [0.29, 0.717) is 5.69 Å². The third-order valence-electron chi connectivity index (χ3n) is 3.32. The Morgan fingerprint density at radius 3 is 2.89 bits per heavy atom. The highest BCUT2D eigenvalue weighted by molar-refractivity contribution is 5.92. The van der Waals surface area contributed by atoms with Crippen molar-refractivity contribution >= 4 is 5.91 Å². The lowest BCUT2D eigenvalue weighted by Gasteiger charge is -2.13. The first-order valence-corrected chi connectivity index (χ1v) is 6.78. The fourth-order valence-electron chi connectivity index (χ4n) is 2.29. The van der Waals surface area contributed by atoms with Crippen molar-refractivity contribution < 1.29 is 4.79 Å². The summed E-state index contributed by atoms with van der Waals surface area (Å²) in [6, 6.07) is 1.76. The van der Waals surface area contributed by atoms with Crippen molar-refractivity contribution in [3.8, 4) is 0 Å². The maximum Gasteiger partial charge on any atom is 0.271 e. The van der Waals surface area contributed by atoms with Crippen LogP contribution in [0, 0.1) is 6.92 Å². The first kappa shape index (κ1) is 13.1. The van der Waals surface area contributed by atoms with Gasteiger partial charge in [-0.3, -0.25) is 9.89 Å². The molecule has 1 aromatic heterocycles. The Bertz CT molecular complexity index is 382. The van der Waals surface area contributed by atoms with E-state index >= 15 is 0 Å². The summed E-state index contributed by atoms with van der Waals surface area (Å²) in [5, 5.41) is 9.60. The Labute approximate surface area is 108 Å². The molecule has 0 saturated carbocycles. The highest BCUT2D eigenvalue weighted by atomic mass is 16.1. The highest BCUT2D eigenvalue weighted by Gasteiger charge is 2.11. The zero-order valence-electron chi connectivity index (χ0n) is 11.0. The topological polar surface area (TPSA) is 61.0 Å². The first-order valence-electron chi connectivity index (χ1n) is 6.78. The molecule has 2 N–H and O–H groups in total. The molecule has 2 rings (SSSR count). The minimum Gasteiger partial charge on any atom is -0.351 e. The number of likely N-dealkylation sites (tertiary alicyclic amines) is 1. The molecule has 0 unspecified atom stereocenters. The van der Waals surface area contributed by atoms with Gasteiger partial charge >= 0.3 is 0 Å². The van der Waals surface area contributed by atoms with E-state index in [1.54, 1.807) is 6.07 Å². The lowest BCUT2D eigenvalue weighted by molar-refractivity contribution is 0.0947. The summed E-state index contributed by atoms with van der Waals surface area (Å²) in [4.78, 5) is 14.2. The van der Waals surface area contributed by atoms with E-state index in [1.165, 1.54) is 25.9 Å². The van der Waals surface area contributed by atoms with Crippen LogP contribution in [0.2, 0.25) is 0 Å². The number of unbranched alkanes of at least 4 members (excludes halogenated alkanes) is 1. The molecule has 18 heavy (non-hydrogen) atoms. The van der Waals surface area contributed by atoms with Crippen molar-refractivity contribution in [3.05, 3.63) is 17.5 Å². The number of aryl methyl sites for hydroxylation is 1. The Morgan fingerprint density at radius 2 is 2.22 bits per heavy atom. The van der Waals surface area contributed by atoms with Crippen molar-refractivity contribution in [1.82, 2.24) is 20.4 Å². The Morgan fingerprint density at radius 1 is 1.44 bits per heavy atom. The minimum atomic E-state index is -0.0828. The molecule has 1 saturated heterocycles. The maximum absolute atomic E-state index is 11.7. The zero-order chi connectivity index (χ0) is 12.8. The molecular formula is C13H22N4O. The summed E-state index contributed by atoms with van der Waals surface area (Å²) in [6.07, 6.45) is 4.87. The number of H-pyrrole nitrogens is 1. The van der Waals surface area contributed by atoms with Gasteiger partial charge < -0.3 is 10.2 Å². The summed E-state index contributed by atoms with van der Waals surface area (Å²) in [5.41, 5.74) is 1.39. The van der Waals surface area contributed by atoms with Crippen LogP contribution in [-0.2, 0) is 0 Å². The summed E-state index contributed by atoms with van der Waals surface area (Å²) >= 11 is 0. The predicted molar refractivity (Wildman–Crippen MR) is 70.6 cm³/mol. The summed E-state index contributed by atoms with van der Waals surface area (Å²) in [5.74, 6) is -0.0828. The molecule has 1 amide bonds. The van der Waals surface area contributed by atoms with E-state index < -0.39 is 0 Å². The van der Waals surface area contributed by atoms with Gasteiger partial charge in [-0.15, -0.1) is 0 Å². The molecule has 5 heteroatoms. The van der Waals surface area contributed by atoms with Crippen molar-refractivity contribution in [2.45, 2.75) is 32.6 Å². The van der Waals surface area contributed by atoms with Crippen LogP contribution in [0.3, 0.4) is 0 Å². The molecule has 1 aromatic rings. The monoisotopic (exact) mass is 250 g/mol. The van der Waals surface area contributed by atoms with Crippen molar-refractivity contribution in [1.29, 1.82) is 0 Å². The summed E-state index contributed by atoms with van der Waals surface area (Å²) in [7, 11) is 0. The molecule has 1 fully saturated rings. The van der Waals surface area contributed by atoms with Crippen LogP contribution in [0.25, 0.3) is 0 Å². The number of nitrogens with one attached hydrogen (secondary N) is 2. The quantitative estimate of drug-likeness (QED) is 0.749. The second-order valence-electron chi connectivity index (χ2n) is 4.95. The average molecular weight is 250 g/mol. The molecule has 1 aliphatic rings. The summed E-state index contributed by atoms with van der Waals surface area (Å²) < 4.78 is 0. The number of aromatic amines is 1.